The lowest BCUT2D eigenvalue weighted by atomic mass is 10.1. The lowest BCUT2D eigenvalue weighted by Gasteiger charge is -2.13. The summed E-state index contributed by atoms with van der Waals surface area (Å²) in [5.41, 5.74) is 0.853. The molecular formula is C21H20N2O6S. The minimum atomic E-state index is -0.603. The van der Waals surface area contributed by atoms with Gasteiger partial charge in [0.1, 0.15) is 12.3 Å². The van der Waals surface area contributed by atoms with E-state index in [1.807, 2.05) is 6.92 Å². The quantitative estimate of drug-likeness (QED) is 0.651. The van der Waals surface area contributed by atoms with Gasteiger partial charge in [-0.3, -0.25) is 19.3 Å². The van der Waals surface area contributed by atoms with Crippen LogP contribution in [0.25, 0.3) is 6.08 Å². The molecule has 3 rings (SSSR count). The zero-order chi connectivity index (χ0) is 21.7. The highest BCUT2D eigenvalue weighted by molar-refractivity contribution is 8.18. The first-order valence-corrected chi connectivity index (χ1v) is 9.88. The van der Waals surface area contributed by atoms with E-state index in [0.29, 0.717) is 35.4 Å². The summed E-state index contributed by atoms with van der Waals surface area (Å²) in [6, 6.07) is 11.6. The molecule has 1 aliphatic rings. The van der Waals surface area contributed by atoms with Crippen LogP contribution in [0.4, 0.5) is 10.5 Å². The lowest BCUT2D eigenvalue weighted by Crippen LogP contribution is -2.36. The van der Waals surface area contributed by atoms with E-state index >= 15 is 0 Å². The van der Waals surface area contributed by atoms with E-state index in [9.17, 15) is 19.5 Å². The van der Waals surface area contributed by atoms with Crippen molar-refractivity contribution in [3.63, 3.8) is 0 Å². The summed E-state index contributed by atoms with van der Waals surface area (Å²) >= 11 is 0.705. The van der Waals surface area contributed by atoms with Crippen LogP contribution in [0.1, 0.15) is 12.5 Å². The van der Waals surface area contributed by atoms with Gasteiger partial charge in [-0.05, 0) is 55.1 Å². The Hall–Kier alpha value is -3.46. The Balaban J connectivity index is 1.68. The van der Waals surface area contributed by atoms with Crippen LogP contribution in [0.15, 0.2) is 47.4 Å². The van der Waals surface area contributed by atoms with Crippen molar-refractivity contribution in [1.82, 2.24) is 4.90 Å². The monoisotopic (exact) mass is 428 g/mol. The fourth-order valence-corrected chi connectivity index (χ4v) is 3.57. The third-order valence-corrected chi connectivity index (χ3v) is 5.07. The maximum atomic E-state index is 12.6. The molecule has 2 aromatic carbocycles. The molecule has 156 valence electrons. The van der Waals surface area contributed by atoms with E-state index in [1.54, 1.807) is 42.5 Å². The number of thioether (sulfide) groups is 1. The number of para-hydroxylation sites is 1. The molecular weight excluding hydrogens is 408 g/mol. The fraction of sp³-hybridized carbons (Fsp3) is 0.190. The minimum absolute atomic E-state index is 0.109. The summed E-state index contributed by atoms with van der Waals surface area (Å²) in [6.07, 6.45) is 1.40. The van der Waals surface area contributed by atoms with Crippen molar-refractivity contribution in [3.8, 4) is 17.2 Å². The van der Waals surface area contributed by atoms with E-state index < -0.39 is 23.6 Å². The molecule has 1 fully saturated rings. The average Bonchev–Trinajstić information content (AvgIpc) is 2.98. The number of nitrogens with one attached hydrogen (secondary N) is 1. The first-order valence-electron chi connectivity index (χ1n) is 9.07. The maximum Gasteiger partial charge on any atom is 0.294 e. The molecule has 0 atom stereocenters. The molecule has 1 heterocycles. The van der Waals surface area contributed by atoms with Gasteiger partial charge in [0.25, 0.3) is 11.1 Å². The standard InChI is InChI=1S/C21H20N2O6S/c1-3-29-15-9-7-14(8-10-15)22-18(24)12-23-20(26)17(30-21(23)27)11-13-5-4-6-16(28-2)19(13)25/h4-11,25H,3,12H2,1-2H3,(H,22,24)/b17-11-. The first kappa shape index (κ1) is 21.3. The number of carbonyl (C=O) groups is 3. The SMILES string of the molecule is CCOc1ccc(NC(=O)CN2C(=O)S/C(=C\c3cccc(OC)c3O)C2=O)cc1. The average molecular weight is 428 g/mol. The van der Waals surface area contributed by atoms with Gasteiger partial charge in [0.05, 0.1) is 18.6 Å². The Bertz CT molecular complexity index is 1000. The molecule has 30 heavy (non-hydrogen) atoms. The number of nitrogens with zero attached hydrogens (tertiary/aromatic N) is 1. The molecule has 3 amide bonds. The number of aromatic hydroxyl groups is 1. The maximum absolute atomic E-state index is 12.6. The Labute approximate surface area is 177 Å². The molecule has 1 saturated heterocycles. The highest BCUT2D eigenvalue weighted by Crippen LogP contribution is 2.36. The summed E-state index contributed by atoms with van der Waals surface area (Å²) < 4.78 is 10.4. The van der Waals surface area contributed by atoms with Crippen LogP contribution in [-0.4, -0.2) is 47.3 Å². The predicted octanol–water partition coefficient (Wildman–Crippen LogP) is 3.47. The van der Waals surface area contributed by atoms with Crippen LogP contribution in [0.2, 0.25) is 0 Å². The van der Waals surface area contributed by atoms with Gasteiger partial charge in [-0.1, -0.05) is 12.1 Å². The Morgan fingerprint density at radius 3 is 2.60 bits per heavy atom. The molecule has 0 aliphatic carbocycles. The van der Waals surface area contributed by atoms with Gasteiger partial charge in [0.2, 0.25) is 5.91 Å². The van der Waals surface area contributed by atoms with Crippen molar-refractivity contribution in [2.24, 2.45) is 0 Å². The molecule has 0 radical (unpaired) electrons. The van der Waals surface area contributed by atoms with Crippen molar-refractivity contribution >= 4 is 40.6 Å². The second-order valence-electron chi connectivity index (χ2n) is 6.17. The number of hydrogen-bond acceptors (Lipinski definition) is 7. The lowest BCUT2D eigenvalue weighted by molar-refractivity contribution is -0.127. The predicted molar refractivity (Wildman–Crippen MR) is 114 cm³/mol. The zero-order valence-electron chi connectivity index (χ0n) is 16.4. The van der Waals surface area contributed by atoms with Gasteiger partial charge in [-0.2, -0.15) is 0 Å². The van der Waals surface area contributed by atoms with Crippen molar-refractivity contribution in [2.75, 3.05) is 25.6 Å². The molecule has 0 unspecified atom stereocenters. The van der Waals surface area contributed by atoms with Gasteiger partial charge in [-0.15, -0.1) is 0 Å². The molecule has 8 nitrogen and oxygen atoms in total. The van der Waals surface area contributed by atoms with Crippen LogP contribution in [0, 0.1) is 0 Å². The summed E-state index contributed by atoms with van der Waals surface area (Å²) in [6.45, 7) is 1.99. The van der Waals surface area contributed by atoms with Gasteiger partial charge in [-0.25, -0.2) is 0 Å². The number of phenolic OH excluding ortho intramolecular Hbond substituents is 1. The number of rotatable bonds is 7. The zero-order valence-corrected chi connectivity index (χ0v) is 17.2. The number of amides is 3. The van der Waals surface area contributed by atoms with Crippen LogP contribution >= 0.6 is 11.8 Å². The van der Waals surface area contributed by atoms with E-state index in [-0.39, 0.29) is 16.4 Å². The number of anilines is 1. The van der Waals surface area contributed by atoms with Crippen LogP contribution in [0.5, 0.6) is 17.2 Å². The molecule has 0 saturated carbocycles. The molecule has 0 aromatic heterocycles. The number of ether oxygens (including phenoxy) is 2. The van der Waals surface area contributed by atoms with Crippen LogP contribution in [0.3, 0.4) is 0 Å². The van der Waals surface area contributed by atoms with E-state index in [2.05, 4.69) is 5.32 Å². The molecule has 2 N–H and O–H groups in total. The number of phenols is 1. The Kier molecular flexibility index (Phi) is 6.63. The van der Waals surface area contributed by atoms with E-state index in [0.717, 1.165) is 4.90 Å². The second kappa shape index (κ2) is 9.36. The number of carbonyl (C=O) groups excluding carboxylic acids is 3. The van der Waals surface area contributed by atoms with Crippen molar-refractivity contribution in [2.45, 2.75) is 6.92 Å². The first-order chi connectivity index (χ1) is 14.4. The van der Waals surface area contributed by atoms with E-state index in [1.165, 1.54) is 13.2 Å². The molecule has 2 aromatic rings. The van der Waals surface area contributed by atoms with E-state index in [4.69, 9.17) is 9.47 Å². The normalized spacial score (nSPS) is 14.9. The Morgan fingerprint density at radius 1 is 1.20 bits per heavy atom. The molecule has 0 bridgehead atoms. The largest absolute Gasteiger partial charge is 0.504 e. The molecule has 1 aliphatic heterocycles. The van der Waals surface area contributed by atoms with Gasteiger partial charge in [0.15, 0.2) is 11.5 Å². The molecule has 9 heteroatoms. The van der Waals surface area contributed by atoms with Gasteiger partial charge >= 0.3 is 0 Å². The smallest absolute Gasteiger partial charge is 0.294 e. The number of benzene rings is 2. The number of hydrogen-bond donors (Lipinski definition) is 2. The number of methoxy groups -OCH3 is 1. The number of imide groups is 1. The summed E-state index contributed by atoms with van der Waals surface area (Å²) in [5, 5.41) is 12.3. The third kappa shape index (κ3) is 4.74. The summed E-state index contributed by atoms with van der Waals surface area (Å²) in [4.78, 5) is 38.1. The summed E-state index contributed by atoms with van der Waals surface area (Å²) in [5.74, 6) is -0.328. The van der Waals surface area contributed by atoms with Gasteiger partial charge < -0.3 is 19.9 Å². The Morgan fingerprint density at radius 2 is 1.93 bits per heavy atom. The van der Waals surface area contributed by atoms with Gasteiger partial charge in [0, 0.05) is 11.3 Å². The third-order valence-electron chi connectivity index (χ3n) is 4.16. The minimum Gasteiger partial charge on any atom is -0.504 e. The van der Waals surface area contributed by atoms with Crippen molar-refractivity contribution < 1.29 is 29.0 Å². The topological polar surface area (TPSA) is 105 Å². The molecule has 0 spiro atoms. The van der Waals surface area contributed by atoms with Crippen molar-refractivity contribution in [3.05, 3.63) is 52.9 Å². The highest BCUT2D eigenvalue weighted by Gasteiger charge is 2.36. The fourth-order valence-electron chi connectivity index (χ4n) is 2.74. The van der Waals surface area contributed by atoms with Crippen LogP contribution in [-0.2, 0) is 9.59 Å². The highest BCUT2D eigenvalue weighted by atomic mass is 32.2. The second-order valence-corrected chi connectivity index (χ2v) is 7.16. The van der Waals surface area contributed by atoms with Crippen LogP contribution < -0.4 is 14.8 Å². The summed E-state index contributed by atoms with van der Waals surface area (Å²) in [7, 11) is 1.41. The van der Waals surface area contributed by atoms with Crippen molar-refractivity contribution in [1.29, 1.82) is 0 Å².